The second-order valence-electron chi connectivity index (χ2n) is 18.5. The number of aliphatic hydroxyl groups is 2. The average Bonchev–Trinajstić information content (AvgIpc) is 3.69. The van der Waals surface area contributed by atoms with E-state index in [0.717, 1.165) is 58.0 Å². The molecule has 10 nitrogen and oxygen atoms in total. The maximum atomic E-state index is 12.3. The quantitative estimate of drug-likeness (QED) is 0.156. The van der Waals surface area contributed by atoms with Crippen molar-refractivity contribution in [2.45, 2.75) is 147 Å². The molecule has 18 atom stereocenters. The normalized spacial score (nSPS) is 49.7. The van der Waals surface area contributed by atoms with Gasteiger partial charge in [0.25, 0.3) is 0 Å². The fourth-order valence-corrected chi connectivity index (χ4v) is 13.7. The Kier molecular flexibility index (Phi) is 12.4. The lowest BCUT2D eigenvalue weighted by Gasteiger charge is -2.61. The summed E-state index contributed by atoms with van der Waals surface area (Å²) in [6.45, 7) is 6.57. The predicted octanol–water partition coefficient (Wildman–Crippen LogP) is 4.24. The van der Waals surface area contributed by atoms with Crippen LogP contribution >= 0.6 is 0 Å². The van der Waals surface area contributed by atoms with Gasteiger partial charge in [-0.25, -0.2) is 0 Å². The molecule has 2 saturated heterocycles. The molecule has 1 spiro atoms. The number of esters is 1. The van der Waals surface area contributed by atoms with Gasteiger partial charge in [-0.2, -0.15) is 0 Å². The van der Waals surface area contributed by atoms with Crippen LogP contribution in [0.2, 0.25) is 0 Å². The van der Waals surface area contributed by atoms with Crippen molar-refractivity contribution in [2.75, 3.05) is 40.5 Å². The van der Waals surface area contributed by atoms with Crippen LogP contribution in [0.5, 0.6) is 0 Å². The molecule has 0 aromatic heterocycles. The molecule has 10 heteroatoms. The van der Waals surface area contributed by atoms with Crippen molar-refractivity contribution < 1.29 is 34.0 Å². The third-order valence-electron chi connectivity index (χ3n) is 15.7. The number of nitrogens with one attached hydrogen (secondary N) is 2. The zero-order valence-corrected chi connectivity index (χ0v) is 32.1. The number of hydrogen-bond acceptors (Lipinski definition) is 10. The Labute approximate surface area is 307 Å². The molecule has 51 heavy (non-hydrogen) atoms. The van der Waals surface area contributed by atoms with E-state index in [1.54, 1.807) is 0 Å². The topological polar surface area (TPSA) is 145 Å². The van der Waals surface area contributed by atoms with Gasteiger partial charge in [0.2, 0.25) is 0 Å². The van der Waals surface area contributed by atoms with Crippen molar-refractivity contribution in [3.63, 3.8) is 0 Å². The highest BCUT2D eigenvalue weighted by Gasteiger charge is 2.65. The molecule has 7 fully saturated rings. The Bertz CT molecular complexity index is 1160. The highest BCUT2D eigenvalue weighted by molar-refractivity contribution is 5.65. The number of fused-ring (bicyclic) bond motifs is 6. The minimum absolute atomic E-state index is 0.0112. The van der Waals surface area contributed by atoms with Crippen LogP contribution in [0.25, 0.3) is 0 Å². The summed E-state index contributed by atoms with van der Waals surface area (Å²) in [6.07, 6.45) is 14.2. The van der Waals surface area contributed by atoms with Gasteiger partial charge >= 0.3 is 5.97 Å². The summed E-state index contributed by atoms with van der Waals surface area (Å²) in [5.41, 5.74) is 6.64. The van der Waals surface area contributed by atoms with Crippen molar-refractivity contribution >= 4 is 5.97 Å². The number of carbonyl (C=O) groups excluding carboxylic acids is 1. The lowest BCUT2D eigenvalue weighted by atomic mass is 9.45. The molecule has 0 aromatic carbocycles. The van der Waals surface area contributed by atoms with Crippen molar-refractivity contribution in [2.24, 2.45) is 70.3 Å². The largest absolute Gasteiger partial charge is 0.465 e. The minimum Gasteiger partial charge on any atom is -0.465 e. The summed E-state index contributed by atoms with van der Waals surface area (Å²) < 4.78 is 25.9. The van der Waals surface area contributed by atoms with Crippen LogP contribution in [0.4, 0.5) is 0 Å². The molecule has 7 aliphatic rings. The third kappa shape index (κ3) is 7.83. The van der Waals surface area contributed by atoms with Gasteiger partial charge in [-0.05, 0) is 156 Å². The van der Waals surface area contributed by atoms with Crippen LogP contribution in [-0.4, -0.2) is 99.4 Å². The molecule has 0 bridgehead atoms. The zero-order valence-electron chi connectivity index (χ0n) is 32.1. The highest BCUT2D eigenvalue weighted by Crippen LogP contribution is 2.68. The summed E-state index contributed by atoms with van der Waals surface area (Å²) in [5, 5.41) is 28.8. The van der Waals surface area contributed by atoms with Crippen LogP contribution in [0.15, 0.2) is 0 Å². The fraction of sp³-hybridized carbons (Fsp3) is 0.976. The van der Waals surface area contributed by atoms with E-state index in [2.05, 4.69) is 17.6 Å². The average molecular weight is 718 g/mol. The van der Waals surface area contributed by atoms with Crippen LogP contribution in [0.1, 0.15) is 104 Å². The van der Waals surface area contributed by atoms with Gasteiger partial charge in [-0.15, -0.1) is 0 Å². The molecule has 0 radical (unpaired) electrons. The number of aliphatic hydroxyl groups excluding tert-OH is 2. The first-order valence-electron chi connectivity index (χ1n) is 21.1. The molecular formula is C41H71N3O7. The molecule has 6 N–H and O–H groups in total. The van der Waals surface area contributed by atoms with Crippen molar-refractivity contribution in [1.29, 1.82) is 0 Å². The zero-order chi connectivity index (χ0) is 35.9. The Balaban J connectivity index is 1.17. The van der Waals surface area contributed by atoms with Gasteiger partial charge in [0.05, 0.1) is 56.0 Å². The van der Waals surface area contributed by atoms with Gasteiger partial charge in [0.1, 0.15) is 0 Å². The lowest BCUT2D eigenvalue weighted by Crippen LogP contribution is -2.59. The van der Waals surface area contributed by atoms with E-state index >= 15 is 0 Å². The smallest absolute Gasteiger partial charge is 0.302 e. The van der Waals surface area contributed by atoms with Crippen LogP contribution in [0, 0.1) is 64.6 Å². The SMILES string of the molecule is CCC1CC(CC2CCC3(C2)CC2CC(O)CC(OC)C2C2CCC4C(COC(C)=O)C(C5CCC(O)C(OCCNC)C5)OC4C23)CNC1N. The molecule has 0 amide bonds. The van der Waals surface area contributed by atoms with Crippen LogP contribution in [0.3, 0.4) is 0 Å². The second kappa shape index (κ2) is 16.5. The van der Waals surface area contributed by atoms with Crippen LogP contribution in [-0.2, 0) is 23.7 Å². The summed E-state index contributed by atoms with van der Waals surface area (Å²) in [4.78, 5) is 12.3. The third-order valence-corrected chi connectivity index (χ3v) is 15.7. The first-order chi connectivity index (χ1) is 24.6. The molecule has 18 unspecified atom stereocenters. The number of piperidine rings is 1. The van der Waals surface area contributed by atoms with Crippen molar-refractivity contribution in [1.82, 2.24) is 10.6 Å². The molecule has 292 valence electrons. The Hall–Kier alpha value is -0.850. The van der Waals surface area contributed by atoms with E-state index in [1.165, 1.54) is 45.4 Å². The summed E-state index contributed by atoms with van der Waals surface area (Å²) >= 11 is 0. The number of methoxy groups -OCH3 is 1. The molecule has 5 saturated carbocycles. The summed E-state index contributed by atoms with van der Waals surface area (Å²) in [6, 6.07) is 0. The van der Waals surface area contributed by atoms with Gasteiger partial charge in [0, 0.05) is 26.5 Å². The fourth-order valence-electron chi connectivity index (χ4n) is 13.7. The number of likely N-dealkylation sites (N-methyl/N-ethyl adjacent to an activating group) is 1. The van der Waals surface area contributed by atoms with Crippen molar-refractivity contribution in [3.05, 3.63) is 0 Å². The Morgan fingerprint density at radius 2 is 1.80 bits per heavy atom. The Morgan fingerprint density at radius 1 is 0.980 bits per heavy atom. The van der Waals surface area contributed by atoms with Gasteiger partial charge in [-0.3, -0.25) is 4.79 Å². The van der Waals surface area contributed by atoms with E-state index in [-0.39, 0.29) is 59.9 Å². The van der Waals surface area contributed by atoms with E-state index in [0.29, 0.717) is 67.0 Å². The van der Waals surface area contributed by atoms with Gasteiger partial charge in [-0.1, -0.05) is 13.3 Å². The maximum Gasteiger partial charge on any atom is 0.302 e. The number of nitrogens with two attached hydrogens (primary N) is 1. The van der Waals surface area contributed by atoms with Crippen LogP contribution < -0.4 is 16.4 Å². The van der Waals surface area contributed by atoms with E-state index in [9.17, 15) is 15.0 Å². The van der Waals surface area contributed by atoms with E-state index in [4.69, 9.17) is 24.7 Å². The van der Waals surface area contributed by atoms with E-state index < -0.39 is 6.10 Å². The molecule has 7 rings (SSSR count). The summed E-state index contributed by atoms with van der Waals surface area (Å²) in [5.74, 6) is 4.37. The lowest BCUT2D eigenvalue weighted by molar-refractivity contribution is -0.192. The monoisotopic (exact) mass is 718 g/mol. The molecule has 0 aromatic rings. The van der Waals surface area contributed by atoms with Gasteiger partial charge in [0.15, 0.2) is 0 Å². The van der Waals surface area contributed by atoms with Crippen molar-refractivity contribution in [3.8, 4) is 0 Å². The first-order valence-corrected chi connectivity index (χ1v) is 21.1. The molecular weight excluding hydrogens is 646 g/mol. The standard InChI is InChI=1S/C41H71N3O7/c1-5-26-15-25(21-44-40(26)42)14-24-10-11-41(19-24)20-28-16-29(46)18-35(48-4)36(28)31-8-7-30-32(22-50-23(2)45)38(51-39(30)37(31)41)27-6-9-33(47)34(17-27)49-13-12-43-3/h24-40,43-44,46-47H,5-22,42H2,1-4H3. The maximum absolute atomic E-state index is 12.3. The molecule has 2 aliphatic heterocycles. The minimum atomic E-state index is -0.456. The molecule has 5 aliphatic carbocycles. The Morgan fingerprint density at radius 3 is 2.57 bits per heavy atom. The number of rotatable bonds is 11. The highest BCUT2D eigenvalue weighted by atomic mass is 16.5. The summed E-state index contributed by atoms with van der Waals surface area (Å²) in [7, 11) is 3.78. The first kappa shape index (κ1) is 38.4. The molecule has 2 heterocycles. The number of hydrogen-bond donors (Lipinski definition) is 5. The van der Waals surface area contributed by atoms with Gasteiger partial charge < -0.3 is 45.5 Å². The number of carbonyl (C=O) groups is 1. The predicted molar refractivity (Wildman–Crippen MR) is 195 cm³/mol. The van der Waals surface area contributed by atoms with E-state index in [1.807, 2.05) is 14.2 Å². The second-order valence-corrected chi connectivity index (χ2v) is 18.5. The number of ether oxygens (including phenoxy) is 4.